The lowest BCUT2D eigenvalue weighted by Gasteiger charge is -2.22. The number of hydrogen-bond acceptors (Lipinski definition) is 5. The Morgan fingerprint density at radius 2 is 2.20 bits per heavy atom. The zero-order chi connectivity index (χ0) is 15.1. The van der Waals surface area contributed by atoms with Crippen LogP contribution in [0, 0.1) is 5.92 Å². The lowest BCUT2D eigenvalue weighted by atomic mass is 10.1. The summed E-state index contributed by atoms with van der Waals surface area (Å²) in [6.45, 7) is 6.18. The summed E-state index contributed by atoms with van der Waals surface area (Å²) in [6, 6.07) is 1.85. The third kappa shape index (κ3) is 4.61. The highest BCUT2D eigenvalue weighted by atomic mass is 16.5. The average Bonchev–Trinajstić information content (AvgIpc) is 2.42. The van der Waals surface area contributed by atoms with Gasteiger partial charge in [-0.1, -0.05) is 13.8 Å². The summed E-state index contributed by atoms with van der Waals surface area (Å²) in [5.74, 6) is 0.442. The number of rotatable bonds is 8. The molecule has 1 rings (SSSR count). The number of aromatic nitrogens is 2. The minimum absolute atomic E-state index is 0.0762. The second kappa shape index (κ2) is 8.01. The van der Waals surface area contributed by atoms with Gasteiger partial charge < -0.3 is 15.0 Å². The Morgan fingerprint density at radius 1 is 1.50 bits per heavy atom. The molecule has 114 valence electrons. The first-order valence-corrected chi connectivity index (χ1v) is 6.94. The molecule has 0 bridgehead atoms. The van der Waals surface area contributed by atoms with E-state index >= 15 is 0 Å². The normalized spacial score (nSPS) is 12.7. The molecule has 0 amide bonds. The van der Waals surface area contributed by atoms with Crippen LogP contribution in [-0.4, -0.2) is 50.2 Å². The third-order valence-electron chi connectivity index (χ3n) is 3.47. The Morgan fingerprint density at radius 3 is 2.70 bits per heavy atom. The Labute approximate surface area is 120 Å². The first-order chi connectivity index (χ1) is 9.49. The standard InChI is InChI=1S/C14H26N4O2/c1-11(2)13(15-3)10-18-14(19)8-12(9-16-18)17(4)6-7-20-5/h8-9,11,13,15H,6-7,10H2,1-5H3. The third-order valence-corrected chi connectivity index (χ3v) is 3.47. The van der Waals surface area contributed by atoms with Gasteiger partial charge in [-0.2, -0.15) is 5.10 Å². The number of methoxy groups -OCH3 is 1. The molecule has 0 radical (unpaired) electrons. The van der Waals surface area contributed by atoms with Gasteiger partial charge in [0.05, 0.1) is 25.0 Å². The Kier molecular flexibility index (Phi) is 6.67. The van der Waals surface area contributed by atoms with Crippen LogP contribution in [0.15, 0.2) is 17.1 Å². The van der Waals surface area contributed by atoms with E-state index in [9.17, 15) is 4.79 Å². The van der Waals surface area contributed by atoms with Crippen LogP contribution in [0.2, 0.25) is 0 Å². The smallest absolute Gasteiger partial charge is 0.268 e. The molecule has 0 aromatic carbocycles. The fraction of sp³-hybridized carbons (Fsp3) is 0.714. The first-order valence-electron chi connectivity index (χ1n) is 6.94. The van der Waals surface area contributed by atoms with Gasteiger partial charge in [-0.05, 0) is 13.0 Å². The SMILES string of the molecule is CNC(Cn1ncc(N(C)CCOC)cc1=O)C(C)C. The minimum Gasteiger partial charge on any atom is -0.383 e. The molecule has 1 atom stereocenters. The molecule has 0 aliphatic carbocycles. The predicted molar refractivity (Wildman–Crippen MR) is 81.3 cm³/mol. The van der Waals surface area contributed by atoms with Crippen LogP contribution in [0.1, 0.15) is 13.8 Å². The van der Waals surface area contributed by atoms with Gasteiger partial charge in [-0.25, -0.2) is 4.68 Å². The fourth-order valence-corrected chi connectivity index (χ4v) is 1.95. The minimum atomic E-state index is -0.0762. The summed E-state index contributed by atoms with van der Waals surface area (Å²) < 4.78 is 6.54. The molecule has 6 heteroatoms. The van der Waals surface area contributed by atoms with Crippen molar-refractivity contribution >= 4 is 5.69 Å². The van der Waals surface area contributed by atoms with Crippen molar-refractivity contribution in [2.24, 2.45) is 5.92 Å². The number of nitrogens with zero attached hydrogens (tertiary/aromatic N) is 3. The summed E-state index contributed by atoms with van der Waals surface area (Å²) in [4.78, 5) is 14.1. The molecule has 1 heterocycles. The molecule has 6 nitrogen and oxygen atoms in total. The van der Waals surface area contributed by atoms with Crippen molar-refractivity contribution in [3.05, 3.63) is 22.6 Å². The second-order valence-corrected chi connectivity index (χ2v) is 5.29. The van der Waals surface area contributed by atoms with Crippen molar-refractivity contribution < 1.29 is 4.74 Å². The lowest BCUT2D eigenvalue weighted by molar-refractivity contribution is 0.206. The van der Waals surface area contributed by atoms with Gasteiger partial charge in [0, 0.05) is 32.8 Å². The summed E-state index contributed by atoms with van der Waals surface area (Å²) >= 11 is 0. The molecule has 1 unspecified atom stereocenters. The highest BCUT2D eigenvalue weighted by molar-refractivity contribution is 5.41. The maximum atomic E-state index is 12.1. The molecule has 20 heavy (non-hydrogen) atoms. The fourth-order valence-electron chi connectivity index (χ4n) is 1.95. The van der Waals surface area contributed by atoms with E-state index < -0.39 is 0 Å². The van der Waals surface area contributed by atoms with Crippen LogP contribution >= 0.6 is 0 Å². The van der Waals surface area contributed by atoms with E-state index in [0.717, 1.165) is 12.2 Å². The van der Waals surface area contributed by atoms with E-state index in [1.165, 1.54) is 4.68 Å². The molecule has 0 saturated heterocycles. The number of nitrogens with one attached hydrogen (secondary N) is 1. The van der Waals surface area contributed by atoms with Gasteiger partial charge in [0.15, 0.2) is 0 Å². The van der Waals surface area contributed by atoms with Crippen LogP contribution in [0.3, 0.4) is 0 Å². The Bertz CT molecular complexity index is 459. The first kappa shape index (κ1) is 16.7. The van der Waals surface area contributed by atoms with Crippen molar-refractivity contribution in [2.45, 2.75) is 26.4 Å². The van der Waals surface area contributed by atoms with Gasteiger partial charge in [0.25, 0.3) is 5.56 Å². The van der Waals surface area contributed by atoms with Gasteiger partial charge in [0.1, 0.15) is 0 Å². The van der Waals surface area contributed by atoms with Crippen molar-refractivity contribution in [1.82, 2.24) is 15.1 Å². The summed E-state index contributed by atoms with van der Waals surface area (Å²) in [5, 5.41) is 7.48. The molecule has 1 N–H and O–H groups in total. The topological polar surface area (TPSA) is 59.4 Å². The maximum absolute atomic E-state index is 12.1. The second-order valence-electron chi connectivity index (χ2n) is 5.29. The zero-order valence-corrected chi connectivity index (χ0v) is 13.1. The van der Waals surface area contributed by atoms with Crippen LogP contribution in [0.4, 0.5) is 5.69 Å². The monoisotopic (exact) mass is 282 g/mol. The van der Waals surface area contributed by atoms with Crippen LogP contribution < -0.4 is 15.8 Å². The summed E-state index contributed by atoms with van der Waals surface area (Å²) in [6.07, 6.45) is 1.73. The number of anilines is 1. The van der Waals surface area contributed by atoms with Gasteiger partial charge in [-0.15, -0.1) is 0 Å². The van der Waals surface area contributed by atoms with E-state index in [2.05, 4.69) is 24.3 Å². The highest BCUT2D eigenvalue weighted by Gasteiger charge is 2.13. The van der Waals surface area contributed by atoms with E-state index in [-0.39, 0.29) is 11.6 Å². The lowest BCUT2D eigenvalue weighted by Crippen LogP contribution is -2.39. The van der Waals surface area contributed by atoms with Crippen molar-refractivity contribution in [3.63, 3.8) is 0 Å². The zero-order valence-electron chi connectivity index (χ0n) is 13.1. The molecular formula is C14H26N4O2. The number of hydrogen-bond donors (Lipinski definition) is 1. The molecule has 1 aromatic heterocycles. The molecule has 1 aromatic rings. The van der Waals surface area contributed by atoms with Crippen LogP contribution in [0.5, 0.6) is 0 Å². The van der Waals surface area contributed by atoms with E-state index in [1.807, 2.05) is 19.0 Å². The van der Waals surface area contributed by atoms with E-state index in [0.29, 0.717) is 19.1 Å². The maximum Gasteiger partial charge on any atom is 0.268 e. The predicted octanol–water partition coefficient (Wildman–Crippen LogP) is 0.570. The van der Waals surface area contributed by atoms with Gasteiger partial charge in [-0.3, -0.25) is 4.79 Å². The van der Waals surface area contributed by atoms with Gasteiger partial charge in [0.2, 0.25) is 0 Å². The number of likely N-dealkylation sites (N-methyl/N-ethyl adjacent to an activating group) is 2. The molecular weight excluding hydrogens is 256 g/mol. The molecule has 0 spiro atoms. The largest absolute Gasteiger partial charge is 0.383 e. The van der Waals surface area contributed by atoms with E-state index in [4.69, 9.17) is 4.74 Å². The highest BCUT2D eigenvalue weighted by Crippen LogP contribution is 2.07. The van der Waals surface area contributed by atoms with Crippen molar-refractivity contribution in [3.8, 4) is 0 Å². The van der Waals surface area contributed by atoms with Crippen LogP contribution in [-0.2, 0) is 11.3 Å². The van der Waals surface area contributed by atoms with Crippen molar-refractivity contribution in [1.29, 1.82) is 0 Å². The van der Waals surface area contributed by atoms with Gasteiger partial charge >= 0.3 is 0 Å². The molecule has 0 fully saturated rings. The summed E-state index contributed by atoms with van der Waals surface area (Å²) in [7, 11) is 5.49. The molecule has 0 aliphatic rings. The Balaban J connectivity index is 2.80. The molecule has 0 saturated carbocycles. The summed E-state index contributed by atoms with van der Waals surface area (Å²) in [5.41, 5.74) is 0.738. The van der Waals surface area contributed by atoms with Crippen LogP contribution in [0.25, 0.3) is 0 Å². The quantitative estimate of drug-likeness (QED) is 0.755. The van der Waals surface area contributed by atoms with Crippen molar-refractivity contribution in [2.75, 3.05) is 39.3 Å². The Hall–Kier alpha value is -1.40. The van der Waals surface area contributed by atoms with E-state index in [1.54, 1.807) is 19.4 Å². The molecule has 0 aliphatic heterocycles. The number of ether oxygens (including phenoxy) is 1. The average molecular weight is 282 g/mol.